The Morgan fingerprint density at radius 1 is 1.22 bits per heavy atom. The second-order valence-electron chi connectivity index (χ2n) is 6.71. The topological polar surface area (TPSA) is 84.9 Å². The van der Waals surface area contributed by atoms with Gasteiger partial charge in [0.15, 0.2) is 11.5 Å². The lowest BCUT2D eigenvalue weighted by atomic mass is 10.1. The van der Waals surface area contributed by atoms with Crippen molar-refractivity contribution in [2.24, 2.45) is 0 Å². The Balaban J connectivity index is 1.76. The fraction of sp³-hybridized carbons (Fsp3) is 0.533. The number of nitrogens with zero attached hydrogens (tertiary/aromatic N) is 1. The smallest absolute Gasteiger partial charge is 0.241 e. The molecule has 1 atom stereocenters. The van der Waals surface area contributed by atoms with E-state index < -0.39 is 16.1 Å². The van der Waals surface area contributed by atoms with Crippen molar-refractivity contribution >= 4 is 15.9 Å². The molecule has 7 nitrogen and oxygen atoms in total. The molecule has 1 aromatic carbocycles. The minimum Gasteiger partial charge on any atom is -0.454 e. The van der Waals surface area contributed by atoms with Crippen molar-refractivity contribution in [2.75, 3.05) is 13.3 Å². The van der Waals surface area contributed by atoms with E-state index in [9.17, 15) is 13.2 Å². The van der Waals surface area contributed by atoms with Gasteiger partial charge in [0.25, 0.3) is 0 Å². The maximum atomic E-state index is 12.5. The van der Waals surface area contributed by atoms with Crippen molar-refractivity contribution in [3.8, 4) is 11.5 Å². The second kappa shape index (κ2) is 5.38. The standard InChI is InChI=1S/C15H20N2O5S/c1-15(2,3)17-8-10(6-14(17)18)16-23(19,20)11-4-5-12-13(7-11)22-9-21-12/h4-5,7,10,16H,6,8-9H2,1-3H3. The highest BCUT2D eigenvalue weighted by Gasteiger charge is 2.38. The normalized spacial score (nSPS) is 21.1. The van der Waals surface area contributed by atoms with Gasteiger partial charge in [-0.1, -0.05) is 0 Å². The maximum Gasteiger partial charge on any atom is 0.241 e. The minimum atomic E-state index is -3.72. The van der Waals surface area contributed by atoms with Crippen molar-refractivity contribution in [3.05, 3.63) is 18.2 Å². The third-order valence-electron chi connectivity index (χ3n) is 3.91. The van der Waals surface area contributed by atoms with Gasteiger partial charge >= 0.3 is 0 Å². The number of sulfonamides is 1. The summed E-state index contributed by atoms with van der Waals surface area (Å²) in [5.41, 5.74) is -0.323. The molecule has 0 saturated carbocycles. The van der Waals surface area contributed by atoms with E-state index in [2.05, 4.69) is 4.72 Å². The number of ether oxygens (including phenoxy) is 2. The van der Waals surface area contributed by atoms with E-state index in [1.54, 1.807) is 11.0 Å². The highest BCUT2D eigenvalue weighted by molar-refractivity contribution is 7.89. The van der Waals surface area contributed by atoms with Gasteiger partial charge in [-0.25, -0.2) is 13.1 Å². The average Bonchev–Trinajstić information content (AvgIpc) is 3.03. The van der Waals surface area contributed by atoms with E-state index in [0.717, 1.165) is 0 Å². The van der Waals surface area contributed by atoms with Crippen molar-refractivity contribution in [3.63, 3.8) is 0 Å². The van der Waals surface area contributed by atoms with E-state index in [1.807, 2.05) is 20.8 Å². The minimum absolute atomic E-state index is 0.0455. The molecule has 1 N–H and O–H groups in total. The van der Waals surface area contributed by atoms with Crippen LogP contribution in [0, 0.1) is 0 Å². The molecular weight excluding hydrogens is 320 g/mol. The molecule has 0 spiro atoms. The van der Waals surface area contributed by atoms with E-state index in [-0.39, 0.29) is 29.6 Å². The first-order valence-corrected chi connectivity index (χ1v) is 8.87. The van der Waals surface area contributed by atoms with Gasteiger partial charge < -0.3 is 14.4 Å². The lowest BCUT2D eigenvalue weighted by Crippen LogP contribution is -2.44. The highest BCUT2D eigenvalue weighted by atomic mass is 32.2. The summed E-state index contributed by atoms with van der Waals surface area (Å²) in [6.07, 6.45) is 0.168. The van der Waals surface area contributed by atoms with Gasteiger partial charge in [-0.05, 0) is 32.9 Å². The Labute approximate surface area is 135 Å². The van der Waals surface area contributed by atoms with Crippen LogP contribution >= 0.6 is 0 Å². The van der Waals surface area contributed by atoms with Crippen LogP contribution in [0.5, 0.6) is 11.5 Å². The molecule has 0 aromatic heterocycles. The Hall–Kier alpha value is -1.80. The number of carbonyl (C=O) groups excluding carboxylic acids is 1. The Morgan fingerprint density at radius 3 is 2.57 bits per heavy atom. The van der Waals surface area contributed by atoms with Crippen molar-refractivity contribution in [1.82, 2.24) is 9.62 Å². The van der Waals surface area contributed by atoms with Crippen molar-refractivity contribution < 1.29 is 22.7 Å². The number of carbonyl (C=O) groups is 1. The fourth-order valence-electron chi connectivity index (χ4n) is 2.77. The number of amides is 1. The summed E-state index contributed by atoms with van der Waals surface area (Å²) in [7, 11) is -3.72. The monoisotopic (exact) mass is 340 g/mol. The van der Waals surface area contributed by atoms with Gasteiger partial charge in [-0.3, -0.25) is 4.79 Å². The van der Waals surface area contributed by atoms with Crippen LogP contribution in [0.15, 0.2) is 23.1 Å². The molecule has 1 aromatic rings. The van der Waals surface area contributed by atoms with E-state index in [1.165, 1.54) is 12.1 Å². The number of rotatable bonds is 3. The van der Waals surface area contributed by atoms with E-state index in [0.29, 0.717) is 18.0 Å². The molecule has 0 radical (unpaired) electrons. The van der Waals surface area contributed by atoms with E-state index >= 15 is 0 Å². The molecule has 1 fully saturated rings. The first kappa shape index (κ1) is 16.1. The van der Waals surface area contributed by atoms with Crippen LogP contribution in [-0.2, 0) is 14.8 Å². The Morgan fingerprint density at radius 2 is 1.91 bits per heavy atom. The summed E-state index contributed by atoms with van der Waals surface area (Å²) in [5, 5.41) is 0. The summed E-state index contributed by atoms with van der Waals surface area (Å²) < 4.78 is 38.0. The van der Waals surface area contributed by atoms with Gasteiger partial charge in [0.2, 0.25) is 22.7 Å². The van der Waals surface area contributed by atoms with Crippen LogP contribution in [0.1, 0.15) is 27.2 Å². The van der Waals surface area contributed by atoms with Crippen LogP contribution in [0.3, 0.4) is 0 Å². The zero-order valence-corrected chi connectivity index (χ0v) is 14.1. The van der Waals surface area contributed by atoms with E-state index in [4.69, 9.17) is 9.47 Å². The predicted molar refractivity (Wildman–Crippen MR) is 82.8 cm³/mol. The zero-order chi connectivity index (χ0) is 16.8. The molecule has 2 aliphatic heterocycles. The van der Waals surface area contributed by atoms with Gasteiger partial charge in [-0.15, -0.1) is 0 Å². The molecule has 1 unspecified atom stereocenters. The molecular formula is C15H20N2O5S. The van der Waals surface area contributed by atoms with Crippen molar-refractivity contribution in [1.29, 1.82) is 0 Å². The highest BCUT2D eigenvalue weighted by Crippen LogP contribution is 2.34. The molecule has 126 valence electrons. The first-order valence-electron chi connectivity index (χ1n) is 7.39. The van der Waals surface area contributed by atoms with Crippen LogP contribution in [0.4, 0.5) is 0 Å². The average molecular weight is 340 g/mol. The predicted octanol–water partition coefficient (Wildman–Crippen LogP) is 1.09. The third-order valence-corrected chi connectivity index (χ3v) is 5.43. The molecule has 1 amide bonds. The number of hydrogen-bond acceptors (Lipinski definition) is 5. The molecule has 2 aliphatic rings. The van der Waals surface area contributed by atoms with Gasteiger partial charge in [-0.2, -0.15) is 0 Å². The largest absolute Gasteiger partial charge is 0.454 e. The number of nitrogens with one attached hydrogen (secondary N) is 1. The molecule has 23 heavy (non-hydrogen) atoms. The summed E-state index contributed by atoms with van der Waals surface area (Å²) in [6, 6.07) is 4.03. The molecule has 8 heteroatoms. The zero-order valence-electron chi connectivity index (χ0n) is 13.3. The number of benzene rings is 1. The third kappa shape index (κ3) is 3.13. The maximum absolute atomic E-state index is 12.5. The van der Waals surface area contributed by atoms with Crippen LogP contribution in [-0.4, -0.2) is 44.1 Å². The van der Waals surface area contributed by atoms with Gasteiger partial charge in [0, 0.05) is 30.6 Å². The Kier molecular flexibility index (Phi) is 3.76. The van der Waals surface area contributed by atoms with Crippen LogP contribution in [0.25, 0.3) is 0 Å². The summed E-state index contributed by atoms with van der Waals surface area (Å²) in [4.78, 5) is 13.9. The quantitative estimate of drug-likeness (QED) is 0.890. The van der Waals surface area contributed by atoms with Gasteiger partial charge in [0.1, 0.15) is 0 Å². The van der Waals surface area contributed by atoms with Crippen molar-refractivity contribution in [2.45, 2.75) is 43.7 Å². The number of fused-ring (bicyclic) bond motifs is 1. The van der Waals surface area contributed by atoms with Crippen LogP contribution < -0.4 is 14.2 Å². The summed E-state index contributed by atoms with van der Waals surface area (Å²) in [5.74, 6) is 0.890. The molecule has 0 bridgehead atoms. The molecule has 2 heterocycles. The molecule has 0 aliphatic carbocycles. The fourth-order valence-corrected chi connectivity index (χ4v) is 4.01. The first-order chi connectivity index (χ1) is 10.7. The summed E-state index contributed by atoms with van der Waals surface area (Å²) in [6.45, 7) is 6.24. The lowest BCUT2D eigenvalue weighted by Gasteiger charge is -2.32. The summed E-state index contributed by atoms with van der Waals surface area (Å²) >= 11 is 0. The Bertz CT molecular complexity index is 739. The SMILES string of the molecule is CC(C)(C)N1CC(NS(=O)(=O)c2ccc3c(c2)OCO3)CC1=O. The lowest BCUT2D eigenvalue weighted by molar-refractivity contribution is -0.131. The second-order valence-corrected chi connectivity index (χ2v) is 8.43. The van der Waals surface area contributed by atoms with Crippen LogP contribution in [0.2, 0.25) is 0 Å². The molecule has 1 saturated heterocycles. The van der Waals surface area contributed by atoms with Gasteiger partial charge in [0.05, 0.1) is 4.90 Å². The number of hydrogen-bond donors (Lipinski definition) is 1. The number of likely N-dealkylation sites (tertiary alicyclic amines) is 1. The molecule has 3 rings (SSSR count).